The van der Waals surface area contributed by atoms with Gasteiger partial charge in [0.15, 0.2) is 0 Å². The molecule has 1 N–H and O–H groups in total. The van der Waals surface area contributed by atoms with Crippen molar-refractivity contribution in [3.63, 3.8) is 0 Å². The van der Waals surface area contributed by atoms with E-state index in [-0.39, 0.29) is 11.3 Å². The molecule has 1 aromatic heterocycles. The van der Waals surface area contributed by atoms with Gasteiger partial charge < -0.3 is 4.57 Å². The Morgan fingerprint density at radius 3 is 2.52 bits per heavy atom. The van der Waals surface area contributed by atoms with E-state index < -0.39 is 10.8 Å². The van der Waals surface area contributed by atoms with Crippen LogP contribution >= 0.6 is 0 Å². The van der Waals surface area contributed by atoms with Crippen LogP contribution in [0.5, 0.6) is 0 Å². The second-order valence-electron chi connectivity index (χ2n) is 6.91. The summed E-state index contributed by atoms with van der Waals surface area (Å²) in [6.07, 6.45) is 1.58. The number of hydrogen-bond acceptors (Lipinski definition) is 4. The molecule has 0 aliphatic rings. The second-order valence-corrected chi connectivity index (χ2v) is 6.91. The Kier molecular flexibility index (Phi) is 5.59. The minimum Gasteiger partial charge on any atom is -0.318 e. The van der Waals surface area contributed by atoms with Gasteiger partial charge in [-0.25, -0.2) is 5.43 Å². The zero-order valence-electron chi connectivity index (χ0n) is 16.8. The number of aryl methyl sites for hydroxylation is 2. The largest absolute Gasteiger partial charge is 0.318 e. The third kappa shape index (κ3) is 4.08. The van der Waals surface area contributed by atoms with E-state index in [1.165, 1.54) is 23.8 Å². The molecular weight excluding hydrogens is 368 g/mol. The Bertz CT molecular complexity index is 1130. The third-order valence-electron chi connectivity index (χ3n) is 4.85. The number of hydrazone groups is 1. The zero-order chi connectivity index (χ0) is 21.1. The summed E-state index contributed by atoms with van der Waals surface area (Å²) >= 11 is 0. The maximum Gasteiger partial charge on any atom is 0.273 e. The van der Waals surface area contributed by atoms with E-state index in [1.54, 1.807) is 13.1 Å². The molecule has 0 aliphatic carbocycles. The molecule has 3 aromatic rings. The van der Waals surface area contributed by atoms with Crippen molar-refractivity contribution in [1.82, 2.24) is 9.99 Å². The Morgan fingerprint density at radius 1 is 1.10 bits per heavy atom. The van der Waals surface area contributed by atoms with Gasteiger partial charge >= 0.3 is 0 Å². The molecule has 0 atom stereocenters. The molecular formula is C22H22N4O3. The quantitative estimate of drug-likeness (QED) is 0.398. The molecule has 0 spiro atoms. The van der Waals surface area contributed by atoms with Gasteiger partial charge in [0.1, 0.15) is 0 Å². The average Bonchev–Trinajstić information content (AvgIpc) is 2.95. The van der Waals surface area contributed by atoms with E-state index in [4.69, 9.17) is 0 Å². The van der Waals surface area contributed by atoms with Crippen molar-refractivity contribution in [3.8, 4) is 5.69 Å². The molecule has 0 saturated heterocycles. The smallest absolute Gasteiger partial charge is 0.273 e. The third-order valence-corrected chi connectivity index (χ3v) is 4.85. The lowest BCUT2D eigenvalue weighted by Gasteiger charge is -2.10. The van der Waals surface area contributed by atoms with Crippen LogP contribution in [0.2, 0.25) is 0 Å². The summed E-state index contributed by atoms with van der Waals surface area (Å²) in [4.78, 5) is 22.9. The first-order valence-electron chi connectivity index (χ1n) is 9.13. The Balaban J connectivity index is 1.81. The van der Waals surface area contributed by atoms with E-state index in [0.717, 1.165) is 22.6 Å². The van der Waals surface area contributed by atoms with Crippen LogP contribution in [0, 0.1) is 37.8 Å². The molecule has 7 heteroatoms. The number of nitrogens with zero attached hydrogens (tertiary/aromatic N) is 3. The summed E-state index contributed by atoms with van der Waals surface area (Å²) in [7, 11) is 0. The van der Waals surface area contributed by atoms with Crippen LogP contribution in [-0.4, -0.2) is 21.6 Å². The SMILES string of the molecule is Cc1cccc(-n2c(C)cc(/C=N\NC(=O)c3cccc([N+](=O)[O-])c3C)c2C)c1. The van der Waals surface area contributed by atoms with E-state index in [1.807, 2.05) is 45.0 Å². The van der Waals surface area contributed by atoms with Gasteiger partial charge in [-0.1, -0.05) is 18.2 Å². The summed E-state index contributed by atoms with van der Waals surface area (Å²) in [5.74, 6) is -0.491. The lowest BCUT2D eigenvalue weighted by molar-refractivity contribution is -0.385. The summed E-state index contributed by atoms with van der Waals surface area (Å²) in [6, 6.07) is 14.6. The summed E-state index contributed by atoms with van der Waals surface area (Å²) in [6.45, 7) is 7.60. The highest BCUT2D eigenvalue weighted by Crippen LogP contribution is 2.22. The van der Waals surface area contributed by atoms with Crippen molar-refractivity contribution in [2.24, 2.45) is 5.10 Å². The first-order chi connectivity index (χ1) is 13.8. The van der Waals surface area contributed by atoms with E-state index in [0.29, 0.717) is 5.56 Å². The predicted octanol–water partition coefficient (Wildman–Crippen LogP) is 4.38. The van der Waals surface area contributed by atoms with Gasteiger partial charge in [-0.05, 0) is 57.5 Å². The normalized spacial score (nSPS) is 11.0. The highest BCUT2D eigenvalue weighted by Gasteiger charge is 2.17. The number of hydrogen-bond donors (Lipinski definition) is 1. The van der Waals surface area contributed by atoms with Crippen molar-refractivity contribution < 1.29 is 9.72 Å². The molecule has 3 rings (SSSR count). The summed E-state index contributed by atoms with van der Waals surface area (Å²) in [5, 5.41) is 15.1. The van der Waals surface area contributed by atoms with Crippen LogP contribution in [0.3, 0.4) is 0 Å². The summed E-state index contributed by atoms with van der Waals surface area (Å²) in [5.41, 5.74) is 8.06. The molecule has 2 aromatic carbocycles. The predicted molar refractivity (Wildman–Crippen MR) is 113 cm³/mol. The fourth-order valence-electron chi connectivity index (χ4n) is 3.37. The molecule has 148 valence electrons. The molecule has 1 heterocycles. The van der Waals surface area contributed by atoms with Crippen molar-refractivity contribution in [2.75, 3.05) is 0 Å². The molecule has 0 bridgehead atoms. The van der Waals surface area contributed by atoms with Crippen LogP contribution in [0.25, 0.3) is 5.69 Å². The number of nitro groups is 1. The van der Waals surface area contributed by atoms with E-state index >= 15 is 0 Å². The summed E-state index contributed by atoms with van der Waals surface area (Å²) < 4.78 is 2.13. The minimum atomic E-state index is -0.504. The molecule has 0 fully saturated rings. The van der Waals surface area contributed by atoms with Crippen molar-refractivity contribution in [3.05, 3.63) is 92.3 Å². The number of carbonyl (C=O) groups is 1. The van der Waals surface area contributed by atoms with Crippen molar-refractivity contribution in [1.29, 1.82) is 0 Å². The maximum atomic E-state index is 12.4. The standard InChI is InChI=1S/C22H22N4O3/c1-14-7-5-8-19(11-14)25-15(2)12-18(17(25)4)13-23-24-22(27)20-9-6-10-21(16(20)3)26(28)29/h5-13H,1-4H3,(H,24,27)/b23-13-. The number of nitrogens with one attached hydrogen (secondary N) is 1. The number of amides is 1. The highest BCUT2D eigenvalue weighted by atomic mass is 16.6. The van der Waals surface area contributed by atoms with Gasteiger partial charge in [-0.2, -0.15) is 5.10 Å². The lowest BCUT2D eigenvalue weighted by atomic mass is 10.1. The van der Waals surface area contributed by atoms with Crippen LogP contribution in [0.1, 0.15) is 38.4 Å². The zero-order valence-corrected chi connectivity index (χ0v) is 16.8. The number of aromatic nitrogens is 1. The van der Waals surface area contributed by atoms with Gasteiger partial charge in [0.05, 0.1) is 16.7 Å². The number of benzene rings is 2. The van der Waals surface area contributed by atoms with Crippen LogP contribution in [0.4, 0.5) is 5.69 Å². The van der Waals surface area contributed by atoms with Crippen molar-refractivity contribution >= 4 is 17.8 Å². The van der Waals surface area contributed by atoms with Gasteiger partial charge in [-0.3, -0.25) is 14.9 Å². The topological polar surface area (TPSA) is 89.5 Å². The van der Waals surface area contributed by atoms with Gasteiger partial charge in [0, 0.05) is 34.3 Å². The van der Waals surface area contributed by atoms with Crippen LogP contribution in [0.15, 0.2) is 53.6 Å². The van der Waals surface area contributed by atoms with Gasteiger partial charge in [0.25, 0.3) is 11.6 Å². The average molecular weight is 390 g/mol. The van der Waals surface area contributed by atoms with Crippen LogP contribution < -0.4 is 5.43 Å². The molecule has 0 aliphatic heterocycles. The number of carbonyl (C=O) groups excluding carboxylic acids is 1. The molecule has 0 saturated carbocycles. The number of rotatable bonds is 5. The minimum absolute atomic E-state index is 0.0941. The Hall–Kier alpha value is -3.74. The lowest BCUT2D eigenvalue weighted by Crippen LogP contribution is -2.19. The first-order valence-corrected chi connectivity index (χ1v) is 9.13. The Morgan fingerprint density at radius 2 is 1.83 bits per heavy atom. The van der Waals surface area contributed by atoms with E-state index in [9.17, 15) is 14.9 Å². The van der Waals surface area contributed by atoms with Crippen molar-refractivity contribution in [2.45, 2.75) is 27.7 Å². The molecule has 0 radical (unpaired) electrons. The molecule has 0 unspecified atom stereocenters. The fraction of sp³-hybridized carbons (Fsp3) is 0.182. The molecule has 29 heavy (non-hydrogen) atoms. The fourth-order valence-corrected chi connectivity index (χ4v) is 3.37. The van der Waals surface area contributed by atoms with Gasteiger partial charge in [0.2, 0.25) is 0 Å². The maximum absolute atomic E-state index is 12.4. The molecule has 1 amide bonds. The number of nitro benzene ring substituents is 1. The van der Waals surface area contributed by atoms with Crippen LogP contribution in [-0.2, 0) is 0 Å². The first kappa shape index (κ1) is 20.0. The van der Waals surface area contributed by atoms with E-state index in [2.05, 4.69) is 21.2 Å². The second kappa shape index (κ2) is 8.10. The monoisotopic (exact) mass is 390 g/mol. The highest BCUT2D eigenvalue weighted by molar-refractivity contribution is 5.97. The molecule has 7 nitrogen and oxygen atoms in total. The van der Waals surface area contributed by atoms with Gasteiger partial charge in [-0.15, -0.1) is 0 Å². The Labute approximate surface area is 168 Å².